The molecule has 0 atom stereocenters. The molecule has 0 unspecified atom stereocenters. The predicted molar refractivity (Wildman–Crippen MR) is 73.7 cm³/mol. The first-order chi connectivity index (χ1) is 8.89. The minimum atomic E-state index is -3.48. The van der Waals surface area contributed by atoms with Gasteiger partial charge in [-0.15, -0.1) is 0 Å². The van der Waals surface area contributed by atoms with Crippen LogP contribution in [-0.2, 0) is 14.8 Å². The van der Waals surface area contributed by atoms with Crippen molar-refractivity contribution in [1.82, 2.24) is 4.31 Å². The van der Waals surface area contributed by atoms with Crippen molar-refractivity contribution in [2.75, 3.05) is 40.2 Å². The second-order valence-electron chi connectivity index (χ2n) is 4.18. The summed E-state index contributed by atoms with van der Waals surface area (Å²) in [6, 6.07) is 4.44. The number of sulfonamides is 1. The van der Waals surface area contributed by atoms with Crippen LogP contribution in [0.1, 0.15) is 6.42 Å². The fourth-order valence-corrected chi connectivity index (χ4v) is 2.31. The van der Waals surface area contributed by atoms with E-state index in [1.165, 1.54) is 32.3 Å². The third-order valence-electron chi connectivity index (χ3n) is 2.51. The lowest BCUT2D eigenvalue weighted by atomic mass is 10.3. The lowest BCUT2D eigenvalue weighted by molar-refractivity contribution is 0.172. The summed E-state index contributed by atoms with van der Waals surface area (Å²) in [5.74, 6) is 0.374. The summed E-state index contributed by atoms with van der Waals surface area (Å²) in [7, 11) is 1.09. The number of benzene rings is 1. The molecule has 1 aromatic rings. The van der Waals surface area contributed by atoms with E-state index in [1.54, 1.807) is 7.11 Å². The van der Waals surface area contributed by atoms with Gasteiger partial charge < -0.3 is 15.2 Å². The number of ether oxygens (including phenoxy) is 2. The number of nitrogens with zero attached hydrogens (tertiary/aromatic N) is 1. The Bertz CT molecular complexity index is 514. The van der Waals surface area contributed by atoms with Gasteiger partial charge in [-0.1, -0.05) is 0 Å². The second kappa shape index (κ2) is 6.74. The zero-order chi connectivity index (χ0) is 14.5. The number of nitrogens with two attached hydrogens (primary N) is 1. The van der Waals surface area contributed by atoms with Crippen LogP contribution in [0.15, 0.2) is 23.1 Å². The number of hydrogen-bond acceptors (Lipinski definition) is 5. The summed E-state index contributed by atoms with van der Waals surface area (Å²) in [5.41, 5.74) is 6.17. The van der Waals surface area contributed by atoms with Crippen molar-refractivity contribution in [1.29, 1.82) is 0 Å². The van der Waals surface area contributed by atoms with E-state index in [0.29, 0.717) is 31.1 Å². The molecule has 2 N–H and O–H groups in total. The van der Waals surface area contributed by atoms with Crippen LogP contribution in [0.5, 0.6) is 5.75 Å². The molecule has 0 amide bonds. The summed E-state index contributed by atoms with van der Waals surface area (Å²) in [5, 5.41) is 0. The molecule has 7 heteroatoms. The highest BCUT2D eigenvalue weighted by molar-refractivity contribution is 7.89. The van der Waals surface area contributed by atoms with Crippen LogP contribution in [-0.4, -0.2) is 47.1 Å². The first kappa shape index (κ1) is 15.7. The Hall–Kier alpha value is -1.31. The number of hydrogen-bond donors (Lipinski definition) is 1. The van der Waals surface area contributed by atoms with Gasteiger partial charge in [0.2, 0.25) is 10.0 Å². The maximum Gasteiger partial charge on any atom is 0.242 e. The fraction of sp³-hybridized carbons (Fsp3) is 0.500. The zero-order valence-electron chi connectivity index (χ0n) is 11.4. The number of rotatable bonds is 7. The van der Waals surface area contributed by atoms with Crippen LogP contribution in [0.25, 0.3) is 0 Å². The van der Waals surface area contributed by atoms with E-state index in [2.05, 4.69) is 0 Å². The Morgan fingerprint density at radius 1 is 1.26 bits per heavy atom. The highest BCUT2D eigenvalue weighted by atomic mass is 32.2. The lowest BCUT2D eigenvalue weighted by Crippen LogP contribution is -2.22. The normalized spacial score (nSPS) is 11.8. The minimum Gasteiger partial charge on any atom is -0.491 e. The van der Waals surface area contributed by atoms with Crippen LogP contribution in [0.4, 0.5) is 5.69 Å². The fourth-order valence-electron chi connectivity index (χ4n) is 1.40. The molecular formula is C12H20N2O4S. The number of nitrogen functional groups attached to an aromatic ring is 1. The molecule has 0 saturated heterocycles. The number of anilines is 1. The molecule has 0 saturated carbocycles. The Morgan fingerprint density at radius 2 is 1.95 bits per heavy atom. The highest BCUT2D eigenvalue weighted by Gasteiger charge is 2.18. The quantitative estimate of drug-likeness (QED) is 0.596. The maximum absolute atomic E-state index is 12.0. The maximum atomic E-state index is 12.0. The van der Waals surface area contributed by atoms with E-state index >= 15 is 0 Å². The molecule has 0 aromatic heterocycles. The molecule has 0 heterocycles. The highest BCUT2D eigenvalue weighted by Crippen LogP contribution is 2.26. The SMILES string of the molecule is COCCCOc1cc(S(=O)(=O)N(C)C)ccc1N. The minimum absolute atomic E-state index is 0.161. The molecule has 0 aliphatic rings. The molecule has 19 heavy (non-hydrogen) atoms. The molecule has 6 nitrogen and oxygen atoms in total. The molecule has 1 rings (SSSR count). The molecule has 0 fully saturated rings. The van der Waals surface area contributed by atoms with Crippen molar-refractivity contribution < 1.29 is 17.9 Å². The average molecular weight is 288 g/mol. The van der Waals surface area contributed by atoms with Crippen LogP contribution < -0.4 is 10.5 Å². The van der Waals surface area contributed by atoms with Crippen molar-refractivity contribution in [3.8, 4) is 5.75 Å². The summed E-state index contributed by atoms with van der Waals surface area (Å²) >= 11 is 0. The van der Waals surface area contributed by atoms with Crippen molar-refractivity contribution in [2.45, 2.75) is 11.3 Å². The first-order valence-electron chi connectivity index (χ1n) is 5.83. The molecule has 0 aliphatic carbocycles. The van der Waals surface area contributed by atoms with Crippen molar-refractivity contribution in [3.05, 3.63) is 18.2 Å². The van der Waals surface area contributed by atoms with E-state index in [4.69, 9.17) is 15.2 Å². The van der Waals surface area contributed by atoms with Crippen LogP contribution in [0.2, 0.25) is 0 Å². The van der Waals surface area contributed by atoms with Gasteiger partial charge in [0.05, 0.1) is 17.2 Å². The smallest absolute Gasteiger partial charge is 0.242 e. The summed E-state index contributed by atoms with van der Waals surface area (Å²) in [6.07, 6.45) is 0.709. The Morgan fingerprint density at radius 3 is 2.53 bits per heavy atom. The van der Waals surface area contributed by atoms with Gasteiger partial charge in [0.25, 0.3) is 0 Å². The van der Waals surface area contributed by atoms with Gasteiger partial charge in [0.1, 0.15) is 5.75 Å². The summed E-state index contributed by atoms with van der Waals surface area (Å²) in [6.45, 7) is 0.999. The topological polar surface area (TPSA) is 81.9 Å². The molecule has 0 aliphatic heterocycles. The lowest BCUT2D eigenvalue weighted by Gasteiger charge is -2.14. The van der Waals surface area contributed by atoms with Gasteiger partial charge in [-0.05, 0) is 12.1 Å². The third-order valence-corrected chi connectivity index (χ3v) is 4.33. The molecule has 1 aromatic carbocycles. The van der Waals surface area contributed by atoms with Crippen molar-refractivity contribution in [2.24, 2.45) is 0 Å². The first-order valence-corrected chi connectivity index (χ1v) is 7.27. The van der Waals surface area contributed by atoms with Gasteiger partial charge in [-0.25, -0.2) is 12.7 Å². The summed E-state index contributed by atoms with van der Waals surface area (Å²) < 4.78 is 35.5. The van der Waals surface area contributed by atoms with Gasteiger partial charge in [-0.3, -0.25) is 0 Å². The van der Waals surface area contributed by atoms with Crippen molar-refractivity contribution >= 4 is 15.7 Å². The average Bonchev–Trinajstić information content (AvgIpc) is 2.36. The summed E-state index contributed by atoms with van der Waals surface area (Å²) in [4.78, 5) is 0.161. The van der Waals surface area contributed by atoms with Crippen molar-refractivity contribution in [3.63, 3.8) is 0 Å². The van der Waals surface area contributed by atoms with Crippen LogP contribution in [0, 0.1) is 0 Å². The van der Waals surface area contributed by atoms with Gasteiger partial charge in [0, 0.05) is 40.3 Å². The Balaban J connectivity index is 2.89. The zero-order valence-corrected chi connectivity index (χ0v) is 12.2. The predicted octanol–water partition coefficient (Wildman–Crippen LogP) is 0.934. The van der Waals surface area contributed by atoms with Gasteiger partial charge in [0.15, 0.2) is 0 Å². The molecule has 0 spiro atoms. The van der Waals surface area contributed by atoms with E-state index in [-0.39, 0.29) is 4.90 Å². The molecule has 0 bridgehead atoms. The largest absolute Gasteiger partial charge is 0.491 e. The monoisotopic (exact) mass is 288 g/mol. The molecule has 0 radical (unpaired) electrons. The van der Waals surface area contributed by atoms with E-state index in [1.807, 2.05) is 0 Å². The van der Waals surface area contributed by atoms with E-state index in [9.17, 15) is 8.42 Å². The number of methoxy groups -OCH3 is 1. The van der Waals surface area contributed by atoms with Crippen LogP contribution in [0.3, 0.4) is 0 Å². The van der Waals surface area contributed by atoms with E-state index in [0.717, 1.165) is 4.31 Å². The molecular weight excluding hydrogens is 268 g/mol. The second-order valence-corrected chi connectivity index (χ2v) is 6.33. The third kappa shape index (κ3) is 4.09. The van der Waals surface area contributed by atoms with Gasteiger partial charge in [-0.2, -0.15) is 0 Å². The van der Waals surface area contributed by atoms with Gasteiger partial charge >= 0.3 is 0 Å². The van der Waals surface area contributed by atoms with Crippen LogP contribution >= 0.6 is 0 Å². The van der Waals surface area contributed by atoms with E-state index < -0.39 is 10.0 Å². The molecule has 108 valence electrons. The standard InChI is InChI=1S/C12H20N2O4S/c1-14(2)19(15,16)10-5-6-11(13)12(9-10)18-8-4-7-17-3/h5-6,9H,4,7-8,13H2,1-3H3. The Labute approximate surface area is 114 Å². The Kier molecular flexibility index (Phi) is 5.59.